The molecule has 0 aromatic heterocycles. The molecule has 0 radical (unpaired) electrons. The largest absolute Gasteiger partial charge is 0.371 e. The standard InChI is InChI=1S/C16H25BrN2/c1-13(2)11-18-12-14-6-7-16(15(17)10-14)19-8-4-3-5-9-19/h6-7,10,13,18H,3-5,8-9,11-12H2,1-2H3. The summed E-state index contributed by atoms with van der Waals surface area (Å²) in [5.74, 6) is 0.705. The normalized spacial score (nSPS) is 16.1. The Hall–Kier alpha value is -0.540. The van der Waals surface area contributed by atoms with Gasteiger partial charge in [-0.2, -0.15) is 0 Å². The van der Waals surface area contributed by atoms with E-state index >= 15 is 0 Å². The lowest BCUT2D eigenvalue weighted by atomic mass is 10.1. The highest BCUT2D eigenvalue weighted by atomic mass is 79.9. The molecule has 0 spiro atoms. The molecule has 1 aromatic rings. The zero-order chi connectivity index (χ0) is 13.7. The van der Waals surface area contributed by atoms with Crippen LogP contribution in [0.5, 0.6) is 0 Å². The first-order valence-electron chi connectivity index (χ1n) is 7.41. The Kier molecular flexibility index (Phi) is 5.71. The van der Waals surface area contributed by atoms with Crippen molar-refractivity contribution in [3.05, 3.63) is 28.2 Å². The van der Waals surface area contributed by atoms with E-state index in [1.807, 2.05) is 0 Å². The predicted octanol–water partition coefficient (Wildman–Crippen LogP) is 4.19. The van der Waals surface area contributed by atoms with Gasteiger partial charge in [0.25, 0.3) is 0 Å². The second-order valence-electron chi connectivity index (χ2n) is 5.86. The zero-order valence-electron chi connectivity index (χ0n) is 12.1. The van der Waals surface area contributed by atoms with Crippen molar-refractivity contribution >= 4 is 21.6 Å². The quantitative estimate of drug-likeness (QED) is 0.873. The van der Waals surface area contributed by atoms with Crippen LogP contribution in [0.1, 0.15) is 38.7 Å². The Labute approximate surface area is 125 Å². The van der Waals surface area contributed by atoms with Crippen molar-refractivity contribution in [3.63, 3.8) is 0 Å². The zero-order valence-corrected chi connectivity index (χ0v) is 13.7. The monoisotopic (exact) mass is 324 g/mol. The summed E-state index contributed by atoms with van der Waals surface area (Å²) in [5.41, 5.74) is 2.71. The van der Waals surface area contributed by atoms with Crippen molar-refractivity contribution in [1.29, 1.82) is 0 Å². The van der Waals surface area contributed by atoms with E-state index in [0.717, 1.165) is 13.1 Å². The van der Waals surface area contributed by atoms with Gasteiger partial charge in [-0.25, -0.2) is 0 Å². The smallest absolute Gasteiger partial charge is 0.0510 e. The van der Waals surface area contributed by atoms with E-state index in [1.165, 1.54) is 48.1 Å². The van der Waals surface area contributed by atoms with E-state index in [1.54, 1.807) is 0 Å². The van der Waals surface area contributed by atoms with Crippen LogP contribution in [-0.2, 0) is 6.54 Å². The molecule has 0 aliphatic carbocycles. The van der Waals surface area contributed by atoms with Crippen molar-refractivity contribution in [1.82, 2.24) is 5.32 Å². The molecule has 1 aromatic carbocycles. The van der Waals surface area contributed by atoms with Gasteiger partial charge in [-0.1, -0.05) is 19.9 Å². The lowest BCUT2D eigenvalue weighted by Gasteiger charge is -2.29. The highest BCUT2D eigenvalue weighted by Crippen LogP contribution is 2.29. The number of halogens is 1. The van der Waals surface area contributed by atoms with Gasteiger partial charge in [0.05, 0.1) is 5.69 Å². The number of hydrogen-bond donors (Lipinski definition) is 1. The summed E-state index contributed by atoms with van der Waals surface area (Å²) in [7, 11) is 0. The van der Waals surface area contributed by atoms with Crippen LogP contribution in [0.15, 0.2) is 22.7 Å². The Balaban J connectivity index is 1.96. The molecule has 0 amide bonds. The molecule has 1 aliphatic heterocycles. The Morgan fingerprint density at radius 2 is 1.95 bits per heavy atom. The molecule has 19 heavy (non-hydrogen) atoms. The number of piperidine rings is 1. The number of nitrogens with one attached hydrogen (secondary N) is 1. The molecular weight excluding hydrogens is 300 g/mol. The molecule has 2 rings (SSSR count). The first kappa shape index (κ1) is 14.9. The van der Waals surface area contributed by atoms with Crippen LogP contribution in [0, 0.1) is 5.92 Å². The van der Waals surface area contributed by atoms with Gasteiger partial charge in [0, 0.05) is 24.1 Å². The average molecular weight is 325 g/mol. The summed E-state index contributed by atoms with van der Waals surface area (Å²) in [4.78, 5) is 2.50. The molecular formula is C16H25BrN2. The van der Waals surface area contributed by atoms with E-state index in [4.69, 9.17) is 0 Å². The number of anilines is 1. The Bertz CT molecular complexity index is 398. The molecule has 0 atom stereocenters. The van der Waals surface area contributed by atoms with Crippen LogP contribution in [-0.4, -0.2) is 19.6 Å². The Morgan fingerprint density at radius 1 is 1.21 bits per heavy atom. The highest BCUT2D eigenvalue weighted by Gasteiger charge is 2.13. The summed E-state index contributed by atoms with van der Waals surface area (Å²) >= 11 is 3.73. The molecule has 1 saturated heterocycles. The third-order valence-corrected chi connectivity index (χ3v) is 4.23. The molecule has 106 valence electrons. The van der Waals surface area contributed by atoms with Crippen LogP contribution in [0.25, 0.3) is 0 Å². The van der Waals surface area contributed by atoms with Gasteiger partial charge in [-0.05, 0) is 65.4 Å². The van der Waals surface area contributed by atoms with Gasteiger partial charge in [-0.3, -0.25) is 0 Å². The maximum atomic E-state index is 3.73. The maximum Gasteiger partial charge on any atom is 0.0510 e. The summed E-state index contributed by atoms with van der Waals surface area (Å²) in [6.45, 7) is 8.90. The van der Waals surface area contributed by atoms with Crippen LogP contribution in [0.4, 0.5) is 5.69 Å². The molecule has 1 fully saturated rings. The van der Waals surface area contributed by atoms with Gasteiger partial charge in [0.15, 0.2) is 0 Å². The second-order valence-corrected chi connectivity index (χ2v) is 6.71. The van der Waals surface area contributed by atoms with Crippen LogP contribution in [0.2, 0.25) is 0 Å². The molecule has 1 aliphatic rings. The van der Waals surface area contributed by atoms with E-state index in [-0.39, 0.29) is 0 Å². The van der Waals surface area contributed by atoms with Crippen molar-refractivity contribution < 1.29 is 0 Å². The average Bonchev–Trinajstić information content (AvgIpc) is 2.39. The van der Waals surface area contributed by atoms with Gasteiger partial charge >= 0.3 is 0 Å². The summed E-state index contributed by atoms with van der Waals surface area (Å²) < 4.78 is 1.23. The minimum Gasteiger partial charge on any atom is -0.371 e. The number of rotatable bonds is 5. The van der Waals surface area contributed by atoms with E-state index in [9.17, 15) is 0 Å². The van der Waals surface area contributed by atoms with Crippen molar-refractivity contribution in [2.75, 3.05) is 24.5 Å². The van der Waals surface area contributed by atoms with Gasteiger partial charge < -0.3 is 10.2 Å². The number of hydrogen-bond acceptors (Lipinski definition) is 2. The molecule has 3 heteroatoms. The Morgan fingerprint density at radius 3 is 2.58 bits per heavy atom. The van der Waals surface area contributed by atoms with Crippen LogP contribution in [0.3, 0.4) is 0 Å². The topological polar surface area (TPSA) is 15.3 Å². The van der Waals surface area contributed by atoms with E-state index in [0.29, 0.717) is 5.92 Å². The molecule has 1 heterocycles. The van der Waals surface area contributed by atoms with Crippen LogP contribution < -0.4 is 10.2 Å². The summed E-state index contributed by atoms with van der Waals surface area (Å²) in [5, 5.41) is 3.49. The molecule has 0 saturated carbocycles. The van der Waals surface area contributed by atoms with E-state index in [2.05, 4.69) is 58.2 Å². The lowest BCUT2D eigenvalue weighted by Crippen LogP contribution is -2.29. The molecule has 1 N–H and O–H groups in total. The summed E-state index contributed by atoms with van der Waals surface area (Å²) in [6.07, 6.45) is 4.03. The minimum absolute atomic E-state index is 0.705. The van der Waals surface area contributed by atoms with Gasteiger partial charge in [0.1, 0.15) is 0 Å². The fourth-order valence-electron chi connectivity index (χ4n) is 2.56. The van der Waals surface area contributed by atoms with Gasteiger partial charge in [0.2, 0.25) is 0 Å². The minimum atomic E-state index is 0.705. The lowest BCUT2D eigenvalue weighted by molar-refractivity contribution is 0.552. The molecule has 0 unspecified atom stereocenters. The molecule has 2 nitrogen and oxygen atoms in total. The highest BCUT2D eigenvalue weighted by molar-refractivity contribution is 9.10. The number of nitrogens with zero attached hydrogens (tertiary/aromatic N) is 1. The van der Waals surface area contributed by atoms with Crippen LogP contribution >= 0.6 is 15.9 Å². The maximum absolute atomic E-state index is 3.73. The molecule has 0 bridgehead atoms. The third kappa shape index (κ3) is 4.50. The van der Waals surface area contributed by atoms with Crippen molar-refractivity contribution in [3.8, 4) is 0 Å². The summed E-state index contributed by atoms with van der Waals surface area (Å²) in [6, 6.07) is 6.78. The predicted molar refractivity (Wildman–Crippen MR) is 86.8 cm³/mol. The number of benzene rings is 1. The van der Waals surface area contributed by atoms with Crippen molar-refractivity contribution in [2.24, 2.45) is 5.92 Å². The fraction of sp³-hybridized carbons (Fsp3) is 0.625. The fourth-order valence-corrected chi connectivity index (χ4v) is 3.23. The van der Waals surface area contributed by atoms with Gasteiger partial charge in [-0.15, -0.1) is 0 Å². The SMILES string of the molecule is CC(C)CNCc1ccc(N2CCCCC2)c(Br)c1. The first-order valence-corrected chi connectivity index (χ1v) is 8.20. The second kappa shape index (κ2) is 7.30. The van der Waals surface area contributed by atoms with Crippen molar-refractivity contribution in [2.45, 2.75) is 39.7 Å². The van der Waals surface area contributed by atoms with E-state index < -0.39 is 0 Å². The first-order chi connectivity index (χ1) is 9.16. The third-order valence-electron chi connectivity index (χ3n) is 3.59.